The molecule has 668 valence electrons. The summed E-state index contributed by atoms with van der Waals surface area (Å²) in [7, 11) is 0. The van der Waals surface area contributed by atoms with Crippen molar-refractivity contribution in [1.82, 2.24) is 84.4 Å². The summed E-state index contributed by atoms with van der Waals surface area (Å²) in [4.78, 5) is 228. The van der Waals surface area contributed by atoms with Crippen molar-refractivity contribution in [2.75, 3.05) is 37.7 Å². The second kappa shape index (κ2) is 48.2. The number of aliphatic imine (C=N–C) groups is 1. The highest BCUT2D eigenvalue weighted by atomic mass is 32.2. The number of amides is 14. The third-order valence-electron chi connectivity index (χ3n) is 21.3. The van der Waals surface area contributed by atoms with Gasteiger partial charge in [0, 0.05) is 90.5 Å². The van der Waals surface area contributed by atoms with E-state index in [2.05, 4.69) is 89.4 Å². The van der Waals surface area contributed by atoms with Gasteiger partial charge in [0.15, 0.2) is 5.96 Å². The molecule has 4 aromatic carbocycles. The molecule has 8 rings (SSSR count). The van der Waals surface area contributed by atoms with Crippen molar-refractivity contribution in [3.05, 3.63) is 132 Å². The molecule has 1 saturated heterocycles. The number of aliphatic carboxylic acids is 1. The van der Waals surface area contributed by atoms with Gasteiger partial charge in [0.2, 0.25) is 82.7 Å². The maximum Gasteiger partial charge on any atom is 0.305 e. The van der Waals surface area contributed by atoms with E-state index < -0.39 is 204 Å². The predicted octanol–water partition coefficient (Wildman–Crippen LogP) is -0.504. The molecule has 0 bridgehead atoms. The highest BCUT2D eigenvalue weighted by Crippen LogP contribution is 2.24. The Labute approximate surface area is 720 Å². The molecule has 39 heteroatoms. The van der Waals surface area contributed by atoms with E-state index in [4.69, 9.17) is 22.6 Å². The van der Waals surface area contributed by atoms with Crippen LogP contribution in [-0.2, 0) is 91.2 Å². The van der Waals surface area contributed by atoms with Gasteiger partial charge in [-0.3, -0.25) is 82.3 Å². The molecule has 25 N–H and O–H groups in total. The molecule has 2 aromatic heterocycles. The van der Waals surface area contributed by atoms with Crippen LogP contribution in [0.2, 0.25) is 0 Å². The number of hydrogen-bond acceptors (Lipinski definition) is 20. The van der Waals surface area contributed by atoms with Crippen LogP contribution in [0.25, 0.3) is 32.6 Å². The topological polar surface area (TPSA) is 611 Å². The van der Waals surface area contributed by atoms with Crippen LogP contribution in [0.4, 0.5) is 0 Å². The smallest absolute Gasteiger partial charge is 0.305 e. The van der Waals surface area contributed by atoms with E-state index in [-0.39, 0.29) is 83.1 Å². The minimum Gasteiger partial charge on any atom is -0.481 e. The lowest BCUT2D eigenvalue weighted by atomic mass is 9.96. The van der Waals surface area contributed by atoms with Gasteiger partial charge in [-0.2, -0.15) is 0 Å². The number of H-pyrrole nitrogens is 2. The molecule has 0 aliphatic carbocycles. The van der Waals surface area contributed by atoms with Gasteiger partial charge in [-0.25, -0.2) is 0 Å². The zero-order chi connectivity index (χ0) is 90.1. The minimum atomic E-state index is -2.01. The van der Waals surface area contributed by atoms with Crippen molar-refractivity contribution in [3.8, 4) is 0 Å². The fourth-order valence-corrected chi connectivity index (χ4v) is 15.1. The molecule has 0 radical (unpaired) electrons. The van der Waals surface area contributed by atoms with Crippen molar-refractivity contribution in [3.63, 3.8) is 0 Å². The number of aliphatic hydroxyl groups is 1. The molecule has 2 aliphatic heterocycles. The Morgan fingerprint density at radius 3 is 1.57 bits per heavy atom. The molecular formula is C85H115N21O17S. The molecule has 13 atom stereocenters. The van der Waals surface area contributed by atoms with Crippen molar-refractivity contribution < 1.29 is 82.1 Å². The fraction of sp³-hybridized carbons (Fsp3) is 0.471. The van der Waals surface area contributed by atoms with Crippen LogP contribution in [0, 0.1) is 17.2 Å². The number of rotatable bonds is 26. The van der Waals surface area contributed by atoms with E-state index in [9.17, 15) is 58.2 Å². The number of nitrogens with one attached hydrogen (secondary N) is 17. The molecule has 4 heterocycles. The number of carbonyl (C=O) groups is 15. The lowest BCUT2D eigenvalue weighted by Gasteiger charge is -2.29. The second-order valence-electron chi connectivity index (χ2n) is 31.1. The largest absolute Gasteiger partial charge is 0.481 e. The summed E-state index contributed by atoms with van der Waals surface area (Å²) in [6.07, 6.45) is 6.16. The number of allylic oxidation sites excluding steroid dienone is 1. The molecule has 0 unspecified atom stereocenters. The number of para-hydroxylation sites is 2. The SMILES string of the molecule is CCCC[C@@H]1NC(=O)[C@H](Cc2c[nH]c3ccccc23)NC(=O)[C@H](CC(=O)O)NC(=O)[C@H](CCCNC(=N)N)NC(=O)CNC(=O)[C@H](CO)NC(=O)[C@@H]([C@@H](C)CC)NC(=O)[C@H](Cc2ccc3ccccc3c2)NC(=O)[C@H](CC2=CCC=N2)NC(=O)CSC[C@@H](C(N)=O)NC(=O)[C@H](C(C)C)NC(=O)[C@H](Cc2c[nH]c3ccccc23)NC(=O)[C@@H](CCCCN)NC1=O. The lowest BCUT2D eigenvalue weighted by molar-refractivity contribution is -0.141. The average Bonchev–Trinajstić information content (AvgIpc) is 1.66. The first-order valence-electron chi connectivity index (χ1n) is 41.5. The van der Waals surface area contributed by atoms with Crippen molar-refractivity contribution in [1.29, 1.82) is 5.41 Å². The van der Waals surface area contributed by atoms with E-state index in [0.29, 0.717) is 69.9 Å². The van der Waals surface area contributed by atoms with Crippen LogP contribution in [-0.4, -0.2) is 231 Å². The summed E-state index contributed by atoms with van der Waals surface area (Å²) in [6.45, 7) is 6.50. The van der Waals surface area contributed by atoms with Gasteiger partial charge in [0.05, 0.1) is 25.3 Å². The number of carboxylic acids is 1. The molecule has 38 nitrogen and oxygen atoms in total. The molecule has 1 fully saturated rings. The number of fused-ring (bicyclic) bond motifs is 3. The quantitative estimate of drug-likeness (QED) is 0.0185. The second-order valence-corrected chi connectivity index (χ2v) is 32.1. The van der Waals surface area contributed by atoms with E-state index in [0.717, 1.165) is 22.5 Å². The van der Waals surface area contributed by atoms with E-state index in [1.54, 1.807) is 113 Å². The summed E-state index contributed by atoms with van der Waals surface area (Å²) >= 11 is 0.853. The van der Waals surface area contributed by atoms with Gasteiger partial charge in [-0.1, -0.05) is 139 Å². The summed E-state index contributed by atoms with van der Waals surface area (Å²) in [5.74, 6) is -17.9. The van der Waals surface area contributed by atoms with Crippen LogP contribution >= 0.6 is 11.8 Å². The Morgan fingerprint density at radius 1 is 0.532 bits per heavy atom. The molecule has 14 amide bonds. The summed E-state index contributed by atoms with van der Waals surface area (Å²) in [5, 5.41) is 68.2. The third kappa shape index (κ3) is 29.2. The maximum absolute atomic E-state index is 15.2. The monoisotopic (exact) mass is 1730 g/mol. The van der Waals surface area contributed by atoms with E-state index in [1.807, 2.05) is 37.3 Å². The van der Waals surface area contributed by atoms with Gasteiger partial charge in [-0.15, -0.1) is 11.8 Å². The zero-order valence-electron chi connectivity index (χ0n) is 70.0. The number of carboxylic acid groups (broad SMARTS) is 1. The van der Waals surface area contributed by atoms with Crippen molar-refractivity contribution in [2.24, 2.45) is 34.0 Å². The van der Waals surface area contributed by atoms with Crippen LogP contribution in [0.15, 0.2) is 120 Å². The van der Waals surface area contributed by atoms with Crippen LogP contribution in [0.1, 0.15) is 128 Å². The zero-order valence-corrected chi connectivity index (χ0v) is 70.8. The number of hydrogen-bond donors (Lipinski definition) is 22. The van der Waals surface area contributed by atoms with E-state index >= 15 is 24.0 Å². The Morgan fingerprint density at radius 2 is 1.02 bits per heavy atom. The Hall–Kier alpha value is -12.8. The first-order chi connectivity index (χ1) is 59.4. The maximum atomic E-state index is 15.2. The normalized spacial score (nSPS) is 23.4. The molecule has 0 saturated carbocycles. The highest BCUT2D eigenvalue weighted by molar-refractivity contribution is 8.00. The predicted molar refractivity (Wildman–Crippen MR) is 465 cm³/mol. The standard InChI is InChI=1S/C85H115N21O17S/c1-6-8-24-59-76(115)97-60(27-15-16-31-86)77(116)100-63(37-52-41-93-57-26-14-12-23-55(52)57)82(121)105-71(46(3)4)83(122)104-67(73(87)112)44-124-45-69(109)96-64(38-53-21-17-32-90-53)79(118)99-61(35-48-29-30-49-19-9-10-20-50(49)34-48)81(120)106-72(47(5)7-2)84(123)103-66(43-107)74(113)94-42-68(108)95-58(28-18-33-91-85(88)89)75(114)102-65(39-70(110)111)80(119)101-62(78(117)98-59)36-51-40-92-56-25-13-11-22-54(51)56/h9-14,19-23,25-26,29-30,32,34,40-41,46-47,58-67,71-72,92-93,107H,6-8,15-18,24,27-28,31,33,35-39,42-45,86H2,1-5H3,(H2,87,112)(H,94,113)(H,95,108)(H,96,109)(H,97,115)(H,98,117)(H,99,118)(H,100,116)(H,101,119)(H,102,114)(H,103,123)(H,104,122)(H,105,121)(H,106,120)(H,110,111)(H4,88,89,91)/t47-,58-,59-,60+,61-,62-,63-,64-,65-,66-,67-,71-,72+/m0/s1. The molecule has 124 heavy (non-hydrogen) atoms. The number of primary amides is 1. The number of nitrogens with zero attached hydrogens (tertiary/aromatic N) is 1. The molecule has 0 spiro atoms. The number of aromatic nitrogens is 2. The lowest BCUT2D eigenvalue weighted by Crippen LogP contribution is -2.61. The Kier molecular flexibility index (Phi) is 37.6. The summed E-state index contributed by atoms with van der Waals surface area (Å²) in [6, 6.07) is 7.98. The number of aliphatic hydroxyl groups excluding tert-OH is 1. The summed E-state index contributed by atoms with van der Waals surface area (Å²) < 4.78 is 0. The first-order valence-corrected chi connectivity index (χ1v) is 42.7. The number of benzene rings is 4. The van der Waals surface area contributed by atoms with Crippen molar-refractivity contribution in [2.45, 2.75) is 203 Å². The first kappa shape index (κ1) is 96.7. The fourth-order valence-electron chi connectivity index (χ4n) is 14.2. The minimum absolute atomic E-state index is 0.0143. The number of nitrogens with two attached hydrogens (primary N) is 3. The van der Waals surface area contributed by atoms with Gasteiger partial charge in [0.1, 0.15) is 72.5 Å². The number of unbranched alkanes of at least 4 members (excludes halogenated alkanes) is 2. The molecule has 2 aliphatic rings. The van der Waals surface area contributed by atoms with Crippen LogP contribution < -0.4 is 91.6 Å². The third-order valence-corrected chi connectivity index (χ3v) is 22.3. The summed E-state index contributed by atoms with van der Waals surface area (Å²) in [5.41, 5.74) is 20.7. The van der Waals surface area contributed by atoms with Gasteiger partial charge < -0.3 is 112 Å². The van der Waals surface area contributed by atoms with Gasteiger partial charge in [0.25, 0.3) is 0 Å². The number of aromatic amines is 2. The average molecular weight is 1740 g/mol. The molecule has 6 aromatic rings. The van der Waals surface area contributed by atoms with Gasteiger partial charge >= 0.3 is 5.97 Å². The number of thioether (sulfide) groups is 1. The van der Waals surface area contributed by atoms with Crippen molar-refractivity contribution >= 4 is 145 Å². The van der Waals surface area contributed by atoms with E-state index in [1.165, 1.54) is 0 Å². The van der Waals surface area contributed by atoms with Crippen LogP contribution in [0.3, 0.4) is 0 Å². The Bertz CT molecular complexity index is 4880. The number of carbonyl (C=O) groups excluding carboxylic acids is 14. The molecular weight excluding hydrogens is 1620 g/mol. The Balaban J connectivity index is 1.16. The number of guanidine groups is 1. The van der Waals surface area contributed by atoms with Crippen LogP contribution in [0.5, 0.6) is 0 Å². The highest BCUT2D eigenvalue weighted by Gasteiger charge is 2.39. The van der Waals surface area contributed by atoms with Gasteiger partial charge in [-0.05, 0) is 96.5 Å².